The molecule has 1 fully saturated rings. The number of pyridine rings is 1. The minimum atomic E-state index is -3.97. The Hall–Kier alpha value is -3.90. The predicted molar refractivity (Wildman–Crippen MR) is 154 cm³/mol. The number of anilines is 1. The van der Waals surface area contributed by atoms with Gasteiger partial charge in [0, 0.05) is 63.7 Å². The number of benzene rings is 2. The summed E-state index contributed by atoms with van der Waals surface area (Å²) in [6.45, 7) is 6.90. The lowest BCUT2D eigenvalue weighted by molar-refractivity contribution is 0.0170. The maximum atomic E-state index is 13.4. The number of sulfonamides is 1. The van der Waals surface area contributed by atoms with E-state index in [0.717, 1.165) is 12.5 Å². The van der Waals surface area contributed by atoms with Crippen LogP contribution in [0.4, 0.5) is 20.2 Å². The van der Waals surface area contributed by atoms with Crippen molar-refractivity contribution in [3.05, 3.63) is 77.1 Å². The van der Waals surface area contributed by atoms with Crippen LogP contribution in [0.2, 0.25) is 0 Å². The van der Waals surface area contributed by atoms with Crippen molar-refractivity contribution in [1.82, 2.24) is 14.8 Å². The highest BCUT2D eigenvalue weighted by molar-refractivity contribution is 7.92. The SMILES string of the molecule is CC=Nc1c(C)cccc1S(=O)(=O)Nc1ccc(C(=O)N2CCN(Cc3ccc(C(C)(F)F)cn3)CC2)c(OC)c1. The molecule has 1 saturated heterocycles. The fraction of sp³-hybridized carbons (Fsp3) is 0.345. The highest BCUT2D eigenvalue weighted by Gasteiger charge is 2.27. The smallest absolute Gasteiger partial charge is 0.272 e. The van der Waals surface area contributed by atoms with Crippen LogP contribution in [0.1, 0.15) is 41.0 Å². The quantitative estimate of drug-likeness (QED) is 0.355. The second-order valence-corrected chi connectivity index (χ2v) is 11.5. The number of nitrogens with one attached hydrogen (secondary N) is 1. The minimum Gasteiger partial charge on any atom is -0.496 e. The van der Waals surface area contributed by atoms with E-state index in [9.17, 15) is 22.0 Å². The molecule has 0 saturated carbocycles. The van der Waals surface area contributed by atoms with Gasteiger partial charge in [0.05, 0.1) is 29.7 Å². The standard InChI is InChI=1S/C29H33F2N5O4S/c1-5-32-27-20(2)7-6-8-26(27)41(38,39)34-22-11-12-24(25(17-22)40-4)28(37)36-15-13-35(14-16-36)19-23-10-9-21(18-33-23)29(3,30)31/h5-12,17-18,34H,13-16,19H2,1-4H3. The zero-order valence-corrected chi connectivity index (χ0v) is 24.2. The molecule has 0 spiro atoms. The summed E-state index contributed by atoms with van der Waals surface area (Å²) >= 11 is 0. The first-order valence-corrected chi connectivity index (χ1v) is 14.5. The van der Waals surface area contributed by atoms with Crippen molar-refractivity contribution in [3.63, 3.8) is 0 Å². The number of amides is 1. The summed E-state index contributed by atoms with van der Waals surface area (Å²) < 4.78 is 61.3. The summed E-state index contributed by atoms with van der Waals surface area (Å²) in [5.41, 5.74) is 2.19. The molecule has 0 aliphatic carbocycles. The van der Waals surface area contributed by atoms with Gasteiger partial charge in [0.1, 0.15) is 10.6 Å². The van der Waals surface area contributed by atoms with Gasteiger partial charge >= 0.3 is 0 Å². The molecule has 1 amide bonds. The molecule has 1 aliphatic rings. The van der Waals surface area contributed by atoms with Gasteiger partial charge in [-0.05, 0) is 49.7 Å². The number of carbonyl (C=O) groups excluding carboxylic acids is 1. The van der Waals surface area contributed by atoms with Crippen LogP contribution in [0.3, 0.4) is 0 Å². The van der Waals surface area contributed by atoms with E-state index < -0.39 is 15.9 Å². The van der Waals surface area contributed by atoms with Gasteiger partial charge in [-0.3, -0.25) is 24.4 Å². The molecule has 12 heteroatoms. The minimum absolute atomic E-state index is 0.0436. The van der Waals surface area contributed by atoms with Crippen molar-refractivity contribution < 1.29 is 26.7 Å². The molecular formula is C29H33F2N5O4S. The maximum absolute atomic E-state index is 13.4. The third kappa shape index (κ3) is 7.06. The van der Waals surface area contributed by atoms with Crippen molar-refractivity contribution in [2.45, 2.75) is 38.1 Å². The van der Waals surface area contributed by atoms with E-state index in [0.29, 0.717) is 49.7 Å². The van der Waals surface area contributed by atoms with E-state index in [1.807, 2.05) is 0 Å². The molecule has 1 N–H and O–H groups in total. The highest BCUT2D eigenvalue weighted by atomic mass is 32.2. The van der Waals surface area contributed by atoms with Gasteiger partial charge < -0.3 is 9.64 Å². The van der Waals surface area contributed by atoms with Crippen molar-refractivity contribution in [2.75, 3.05) is 38.0 Å². The van der Waals surface area contributed by atoms with Gasteiger partial charge in [-0.25, -0.2) is 17.2 Å². The van der Waals surface area contributed by atoms with E-state index in [2.05, 4.69) is 19.6 Å². The molecule has 2 aromatic carbocycles. The van der Waals surface area contributed by atoms with Crippen LogP contribution in [-0.4, -0.2) is 68.6 Å². The van der Waals surface area contributed by atoms with Gasteiger partial charge in [0.2, 0.25) is 0 Å². The van der Waals surface area contributed by atoms with Crippen LogP contribution in [-0.2, 0) is 22.5 Å². The Bertz CT molecular complexity index is 1530. The van der Waals surface area contributed by atoms with Crippen molar-refractivity contribution in [1.29, 1.82) is 0 Å². The van der Waals surface area contributed by atoms with Gasteiger partial charge in [-0.15, -0.1) is 0 Å². The number of ether oxygens (including phenoxy) is 1. The molecule has 0 atom stereocenters. The number of piperazine rings is 1. The van der Waals surface area contributed by atoms with Crippen molar-refractivity contribution in [3.8, 4) is 5.75 Å². The van der Waals surface area contributed by atoms with Crippen molar-refractivity contribution in [2.24, 2.45) is 4.99 Å². The summed E-state index contributed by atoms with van der Waals surface area (Å²) in [6, 6.07) is 12.5. The molecule has 0 unspecified atom stereocenters. The fourth-order valence-corrected chi connectivity index (χ4v) is 5.84. The lowest BCUT2D eigenvalue weighted by Crippen LogP contribution is -2.48. The fourth-order valence-electron chi connectivity index (χ4n) is 4.57. The molecule has 0 radical (unpaired) electrons. The van der Waals surface area contributed by atoms with E-state index >= 15 is 0 Å². The molecule has 218 valence electrons. The lowest BCUT2D eigenvalue weighted by atomic mass is 10.1. The number of halogens is 2. The number of aryl methyl sites for hydroxylation is 1. The molecular weight excluding hydrogens is 552 g/mol. The number of para-hydroxylation sites is 1. The Labute approximate surface area is 238 Å². The number of methoxy groups -OCH3 is 1. The number of alkyl halides is 2. The van der Waals surface area contributed by atoms with Gasteiger partial charge in [-0.2, -0.15) is 0 Å². The molecule has 3 aromatic rings. The Kier molecular flexibility index (Phi) is 9.03. The first kappa shape index (κ1) is 30.1. The number of aromatic nitrogens is 1. The zero-order valence-electron chi connectivity index (χ0n) is 23.4. The molecule has 0 bridgehead atoms. The number of aliphatic imine (C=N–C) groups is 1. The largest absolute Gasteiger partial charge is 0.496 e. The second kappa shape index (κ2) is 12.3. The number of nitrogens with zero attached hydrogens (tertiary/aromatic N) is 4. The lowest BCUT2D eigenvalue weighted by Gasteiger charge is -2.34. The van der Waals surface area contributed by atoms with Crippen LogP contribution in [0.5, 0.6) is 5.75 Å². The van der Waals surface area contributed by atoms with E-state index in [1.165, 1.54) is 43.8 Å². The molecule has 1 aromatic heterocycles. The summed E-state index contributed by atoms with van der Waals surface area (Å²) in [5.74, 6) is -2.93. The van der Waals surface area contributed by atoms with Gasteiger partial charge in [0.15, 0.2) is 0 Å². The van der Waals surface area contributed by atoms with Crippen molar-refractivity contribution >= 4 is 33.5 Å². The monoisotopic (exact) mass is 585 g/mol. The Morgan fingerprint density at radius 2 is 1.88 bits per heavy atom. The summed E-state index contributed by atoms with van der Waals surface area (Å²) in [5, 5.41) is 0. The summed E-state index contributed by atoms with van der Waals surface area (Å²) in [4.78, 5) is 25.6. The molecule has 2 heterocycles. The van der Waals surface area contributed by atoms with E-state index in [1.54, 1.807) is 43.0 Å². The summed E-state index contributed by atoms with van der Waals surface area (Å²) in [6.07, 6.45) is 2.73. The van der Waals surface area contributed by atoms with Gasteiger partial charge in [-0.1, -0.05) is 12.1 Å². The predicted octanol–water partition coefficient (Wildman–Crippen LogP) is 4.99. The van der Waals surface area contributed by atoms with Crippen LogP contribution in [0.15, 0.2) is 64.6 Å². The number of hydrogen-bond acceptors (Lipinski definition) is 7. The van der Waals surface area contributed by atoms with Crippen LogP contribution in [0, 0.1) is 6.92 Å². The third-order valence-electron chi connectivity index (χ3n) is 6.81. The number of rotatable bonds is 9. The van der Waals surface area contributed by atoms with E-state index in [-0.39, 0.29) is 27.8 Å². The first-order chi connectivity index (χ1) is 19.4. The average molecular weight is 586 g/mol. The molecule has 9 nitrogen and oxygen atoms in total. The normalized spacial score (nSPS) is 14.8. The molecule has 41 heavy (non-hydrogen) atoms. The Morgan fingerprint density at radius 1 is 1.15 bits per heavy atom. The number of carbonyl (C=O) groups is 1. The summed E-state index contributed by atoms with van der Waals surface area (Å²) in [7, 11) is -2.55. The first-order valence-electron chi connectivity index (χ1n) is 13.1. The van der Waals surface area contributed by atoms with Gasteiger partial charge in [0.25, 0.3) is 21.9 Å². The van der Waals surface area contributed by atoms with Crippen LogP contribution in [0.25, 0.3) is 0 Å². The highest BCUT2D eigenvalue weighted by Crippen LogP contribution is 2.31. The van der Waals surface area contributed by atoms with Crippen LogP contribution < -0.4 is 9.46 Å². The van der Waals surface area contributed by atoms with Crippen LogP contribution >= 0.6 is 0 Å². The Morgan fingerprint density at radius 3 is 2.49 bits per heavy atom. The molecule has 1 aliphatic heterocycles. The topological polar surface area (TPSA) is 104 Å². The number of hydrogen-bond donors (Lipinski definition) is 1. The second-order valence-electron chi connectivity index (χ2n) is 9.82. The third-order valence-corrected chi connectivity index (χ3v) is 8.22. The zero-order chi connectivity index (χ0) is 29.8. The maximum Gasteiger partial charge on any atom is 0.272 e. The van der Waals surface area contributed by atoms with E-state index in [4.69, 9.17) is 4.74 Å². The Balaban J connectivity index is 1.42. The molecule has 4 rings (SSSR count). The average Bonchev–Trinajstić information content (AvgIpc) is 2.93.